The van der Waals surface area contributed by atoms with Crippen LogP contribution in [-0.2, 0) is 11.2 Å². The largest absolute Gasteiger partial charge is 0.337 e. The van der Waals surface area contributed by atoms with Crippen molar-refractivity contribution >= 4 is 5.91 Å². The van der Waals surface area contributed by atoms with Gasteiger partial charge in [-0.1, -0.05) is 52.0 Å². The van der Waals surface area contributed by atoms with Crippen molar-refractivity contribution in [1.82, 2.24) is 10.6 Å². The lowest BCUT2D eigenvalue weighted by atomic mass is 9.93. The summed E-state index contributed by atoms with van der Waals surface area (Å²) in [4.78, 5) is 12.4. The van der Waals surface area contributed by atoms with Gasteiger partial charge in [-0.15, -0.1) is 0 Å². The number of amides is 1. The number of nitrogens with zero attached hydrogens (tertiary/aromatic N) is 1. The van der Waals surface area contributed by atoms with E-state index in [1.807, 2.05) is 6.92 Å². The zero-order valence-corrected chi connectivity index (χ0v) is 16.8. The molecular weight excluding hydrogens is 322 g/mol. The molecule has 0 spiro atoms. The molecule has 2 rings (SSSR count). The molecule has 0 saturated heterocycles. The molecule has 1 aromatic rings. The molecule has 0 heterocycles. The molecule has 26 heavy (non-hydrogen) atoms. The molecule has 0 unspecified atom stereocenters. The average Bonchev–Trinajstić information content (AvgIpc) is 3.41. The van der Waals surface area contributed by atoms with Gasteiger partial charge in [0.2, 0.25) is 5.91 Å². The summed E-state index contributed by atoms with van der Waals surface area (Å²) in [6, 6.07) is 11.1. The standard InChI is InChI=1S/C22H33N3O/c1-15(2)12-17-6-8-18(9-7-17)21(16(3)4)24-13-20(26)25-22(5,14-23)19-10-11-19/h6-9,15-16,19,21,24H,10-13H2,1-5H3,(H,25,26)/t21-,22-/m1/s1. The maximum absolute atomic E-state index is 12.4. The molecule has 1 fully saturated rings. The number of hydrogen-bond donors (Lipinski definition) is 2. The third-order valence-electron chi connectivity index (χ3n) is 5.16. The number of benzene rings is 1. The predicted octanol–water partition coefficient (Wildman–Crippen LogP) is 3.98. The van der Waals surface area contributed by atoms with Gasteiger partial charge in [0, 0.05) is 6.04 Å². The Morgan fingerprint density at radius 2 is 1.85 bits per heavy atom. The van der Waals surface area contributed by atoms with Gasteiger partial charge in [-0.25, -0.2) is 0 Å². The second-order valence-corrected chi connectivity index (χ2v) is 8.58. The van der Waals surface area contributed by atoms with E-state index in [0.717, 1.165) is 19.3 Å². The van der Waals surface area contributed by atoms with Crippen LogP contribution in [-0.4, -0.2) is 18.0 Å². The van der Waals surface area contributed by atoms with Crippen molar-refractivity contribution in [1.29, 1.82) is 5.26 Å². The first-order valence-electron chi connectivity index (χ1n) is 9.79. The highest BCUT2D eigenvalue weighted by Gasteiger charge is 2.42. The fourth-order valence-electron chi connectivity index (χ4n) is 3.49. The Balaban J connectivity index is 1.95. The van der Waals surface area contributed by atoms with Gasteiger partial charge >= 0.3 is 0 Å². The Hall–Kier alpha value is -1.86. The van der Waals surface area contributed by atoms with E-state index in [0.29, 0.717) is 17.8 Å². The highest BCUT2D eigenvalue weighted by molar-refractivity contribution is 5.79. The monoisotopic (exact) mass is 355 g/mol. The van der Waals surface area contributed by atoms with Gasteiger partial charge in [-0.2, -0.15) is 5.26 Å². The van der Waals surface area contributed by atoms with Crippen LogP contribution in [0.15, 0.2) is 24.3 Å². The van der Waals surface area contributed by atoms with Crippen LogP contribution < -0.4 is 10.6 Å². The van der Waals surface area contributed by atoms with Gasteiger partial charge in [0.1, 0.15) is 5.54 Å². The summed E-state index contributed by atoms with van der Waals surface area (Å²) < 4.78 is 0. The maximum Gasteiger partial charge on any atom is 0.235 e. The Morgan fingerprint density at radius 3 is 2.31 bits per heavy atom. The number of rotatable bonds is 9. The molecule has 2 N–H and O–H groups in total. The second kappa shape index (κ2) is 8.68. The van der Waals surface area contributed by atoms with Crippen LogP contribution in [0.25, 0.3) is 0 Å². The molecule has 1 aliphatic carbocycles. The maximum atomic E-state index is 12.4. The van der Waals surface area contributed by atoms with Gasteiger partial charge in [0.05, 0.1) is 12.6 Å². The first kappa shape index (κ1) is 20.5. The number of nitrogens with one attached hydrogen (secondary N) is 2. The van der Waals surface area contributed by atoms with E-state index in [4.69, 9.17) is 0 Å². The first-order valence-corrected chi connectivity index (χ1v) is 9.79. The van der Waals surface area contributed by atoms with Crippen molar-refractivity contribution in [2.24, 2.45) is 17.8 Å². The van der Waals surface area contributed by atoms with Crippen molar-refractivity contribution in [3.63, 3.8) is 0 Å². The van der Waals surface area contributed by atoms with Gasteiger partial charge in [-0.05, 0) is 55.1 Å². The van der Waals surface area contributed by atoms with Crippen LogP contribution in [0.2, 0.25) is 0 Å². The fraction of sp³-hybridized carbons (Fsp3) is 0.636. The number of carbonyl (C=O) groups excluding carboxylic acids is 1. The van der Waals surface area contributed by atoms with Crippen LogP contribution in [0.4, 0.5) is 0 Å². The number of carbonyl (C=O) groups is 1. The fourth-order valence-corrected chi connectivity index (χ4v) is 3.49. The molecule has 4 nitrogen and oxygen atoms in total. The van der Waals surface area contributed by atoms with Crippen LogP contribution in [0.3, 0.4) is 0 Å². The molecule has 0 bridgehead atoms. The average molecular weight is 356 g/mol. The topological polar surface area (TPSA) is 64.9 Å². The molecule has 0 aromatic heterocycles. The van der Waals surface area contributed by atoms with E-state index in [2.05, 4.69) is 68.7 Å². The van der Waals surface area contributed by atoms with Gasteiger partial charge < -0.3 is 10.6 Å². The Labute approximate surface area is 158 Å². The lowest BCUT2D eigenvalue weighted by molar-refractivity contribution is -0.121. The zero-order valence-electron chi connectivity index (χ0n) is 16.8. The SMILES string of the molecule is CC(C)Cc1ccc([C@H](NCC(=O)N[C@](C)(C#N)C2CC2)C(C)C)cc1. The third kappa shape index (κ3) is 5.57. The molecule has 0 radical (unpaired) electrons. The van der Waals surface area contributed by atoms with Crippen LogP contribution in [0.1, 0.15) is 64.6 Å². The highest BCUT2D eigenvalue weighted by Crippen LogP contribution is 2.39. The molecule has 0 aliphatic heterocycles. The van der Waals surface area contributed by atoms with Crippen molar-refractivity contribution in [3.05, 3.63) is 35.4 Å². The third-order valence-corrected chi connectivity index (χ3v) is 5.16. The second-order valence-electron chi connectivity index (χ2n) is 8.58. The number of nitriles is 1. The predicted molar refractivity (Wildman–Crippen MR) is 105 cm³/mol. The Bertz CT molecular complexity index is 640. The minimum atomic E-state index is -0.732. The summed E-state index contributed by atoms with van der Waals surface area (Å²) in [5, 5.41) is 15.7. The van der Waals surface area contributed by atoms with Crippen molar-refractivity contribution in [2.45, 2.75) is 65.5 Å². The van der Waals surface area contributed by atoms with Crippen LogP contribution in [0.5, 0.6) is 0 Å². The van der Waals surface area contributed by atoms with E-state index < -0.39 is 5.54 Å². The minimum Gasteiger partial charge on any atom is -0.337 e. The summed E-state index contributed by atoms with van der Waals surface area (Å²) in [6.45, 7) is 10.8. The molecule has 1 aliphatic rings. The minimum absolute atomic E-state index is 0.108. The molecule has 1 aromatic carbocycles. The van der Waals surface area contributed by atoms with Crippen LogP contribution >= 0.6 is 0 Å². The van der Waals surface area contributed by atoms with Crippen molar-refractivity contribution < 1.29 is 4.79 Å². The van der Waals surface area contributed by atoms with Gasteiger partial charge in [0.15, 0.2) is 0 Å². The Morgan fingerprint density at radius 1 is 1.23 bits per heavy atom. The van der Waals surface area contributed by atoms with Gasteiger partial charge in [0.25, 0.3) is 0 Å². The normalized spacial score (nSPS) is 17.6. The molecule has 142 valence electrons. The van der Waals surface area contributed by atoms with Gasteiger partial charge in [-0.3, -0.25) is 4.79 Å². The number of hydrogen-bond acceptors (Lipinski definition) is 3. The molecule has 2 atom stereocenters. The molecule has 1 saturated carbocycles. The molecular formula is C22H33N3O. The van der Waals surface area contributed by atoms with E-state index in [9.17, 15) is 10.1 Å². The van der Waals surface area contributed by atoms with E-state index in [1.54, 1.807) is 0 Å². The summed E-state index contributed by atoms with van der Waals surface area (Å²) in [7, 11) is 0. The van der Waals surface area contributed by atoms with E-state index in [1.165, 1.54) is 11.1 Å². The molecule has 1 amide bonds. The zero-order chi connectivity index (χ0) is 19.3. The smallest absolute Gasteiger partial charge is 0.235 e. The first-order chi connectivity index (χ1) is 12.2. The highest BCUT2D eigenvalue weighted by atomic mass is 16.2. The lowest BCUT2D eigenvalue weighted by Gasteiger charge is -2.26. The quantitative estimate of drug-likeness (QED) is 0.704. The Kier molecular flexibility index (Phi) is 6.83. The van der Waals surface area contributed by atoms with E-state index in [-0.39, 0.29) is 18.5 Å². The van der Waals surface area contributed by atoms with Crippen molar-refractivity contribution in [3.8, 4) is 6.07 Å². The summed E-state index contributed by atoms with van der Waals surface area (Å²) in [5.41, 5.74) is 1.81. The lowest BCUT2D eigenvalue weighted by Crippen LogP contribution is -2.50. The van der Waals surface area contributed by atoms with Crippen molar-refractivity contribution in [2.75, 3.05) is 6.54 Å². The summed E-state index contributed by atoms with van der Waals surface area (Å²) in [5.74, 6) is 1.20. The summed E-state index contributed by atoms with van der Waals surface area (Å²) >= 11 is 0. The van der Waals surface area contributed by atoms with Crippen LogP contribution in [0, 0.1) is 29.1 Å². The summed E-state index contributed by atoms with van der Waals surface area (Å²) in [6.07, 6.45) is 3.13. The molecule has 4 heteroatoms. The van der Waals surface area contributed by atoms with E-state index >= 15 is 0 Å².